The number of nitrogen functional groups attached to an aromatic ring is 1. The van der Waals surface area contributed by atoms with Crippen LogP contribution in [0.3, 0.4) is 0 Å². The number of benzene rings is 1. The van der Waals surface area contributed by atoms with Gasteiger partial charge in [0.2, 0.25) is 0 Å². The van der Waals surface area contributed by atoms with Crippen LogP contribution >= 0.6 is 0 Å². The second-order valence-electron chi connectivity index (χ2n) is 4.23. The van der Waals surface area contributed by atoms with Crippen LogP contribution in [0.25, 0.3) is 11.1 Å². The van der Waals surface area contributed by atoms with Crippen LogP contribution in [0.15, 0.2) is 36.7 Å². The Labute approximate surface area is 107 Å². The molecule has 18 heavy (non-hydrogen) atoms. The van der Waals surface area contributed by atoms with Crippen LogP contribution in [0, 0.1) is 0 Å². The van der Waals surface area contributed by atoms with E-state index in [2.05, 4.69) is 12.0 Å². The van der Waals surface area contributed by atoms with Gasteiger partial charge in [-0.05, 0) is 24.1 Å². The minimum absolute atomic E-state index is 0.705. The molecule has 4 nitrogen and oxygen atoms in total. The lowest BCUT2D eigenvalue weighted by molar-refractivity contribution is 0.124. The lowest BCUT2D eigenvalue weighted by Gasteiger charge is -2.02. The lowest BCUT2D eigenvalue weighted by atomic mass is 10.1. The quantitative estimate of drug-likeness (QED) is 0.628. The second kappa shape index (κ2) is 6.21. The van der Waals surface area contributed by atoms with Crippen molar-refractivity contribution >= 4 is 5.69 Å². The molecule has 0 aliphatic heterocycles. The predicted molar refractivity (Wildman–Crippen MR) is 73.2 cm³/mol. The van der Waals surface area contributed by atoms with E-state index in [4.69, 9.17) is 10.5 Å². The third kappa shape index (κ3) is 3.34. The molecule has 0 radical (unpaired) electrons. The highest BCUT2D eigenvalue weighted by Crippen LogP contribution is 2.19. The van der Waals surface area contributed by atoms with Crippen LogP contribution in [0.1, 0.15) is 13.3 Å². The molecule has 1 aromatic heterocycles. The Hall–Kier alpha value is -1.81. The standard InChI is InChI=1S/C14H19N3O/c1-2-8-18-9-7-17-11-13(10-16-17)12-3-5-14(15)6-4-12/h3-6,10-11H,2,7-9,15H2,1H3. The van der Waals surface area contributed by atoms with E-state index in [1.165, 1.54) is 0 Å². The van der Waals surface area contributed by atoms with Crippen LogP contribution in [-0.2, 0) is 11.3 Å². The van der Waals surface area contributed by atoms with Crippen molar-refractivity contribution in [3.8, 4) is 11.1 Å². The molecule has 0 aliphatic rings. The fourth-order valence-electron chi connectivity index (χ4n) is 1.71. The van der Waals surface area contributed by atoms with E-state index in [1.807, 2.05) is 41.3 Å². The maximum Gasteiger partial charge on any atom is 0.0662 e. The van der Waals surface area contributed by atoms with Gasteiger partial charge in [0.25, 0.3) is 0 Å². The minimum Gasteiger partial charge on any atom is -0.399 e. The first-order chi connectivity index (χ1) is 8.79. The fraction of sp³-hybridized carbons (Fsp3) is 0.357. The molecule has 2 N–H and O–H groups in total. The molecule has 2 rings (SSSR count). The summed E-state index contributed by atoms with van der Waals surface area (Å²) in [6.45, 7) is 4.41. The molecule has 0 spiro atoms. The maximum absolute atomic E-state index is 5.67. The first-order valence-corrected chi connectivity index (χ1v) is 6.25. The van der Waals surface area contributed by atoms with Gasteiger partial charge in [0.15, 0.2) is 0 Å². The Morgan fingerprint density at radius 1 is 1.17 bits per heavy atom. The molecule has 1 aromatic carbocycles. The zero-order valence-corrected chi connectivity index (χ0v) is 10.7. The van der Waals surface area contributed by atoms with Crippen LogP contribution in [0.2, 0.25) is 0 Å². The van der Waals surface area contributed by atoms with E-state index in [1.54, 1.807) is 0 Å². The first kappa shape index (κ1) is 12.6. The van der Waals surface area contributed by atoms with Gasteiger partial charge in [-0.15, -0.1) is 0 Å². The number of ether oxygens (including phenoxy) is 1. The summed E-state index contributed by atoms with van der Waals surface area (Å²) in [6.07, 6.45) is 4.95. The third-order valence-electron chi connectivity index (χ3n) is 2.69. The normalized spacial score (nSPS) is 10.7. The van der Waals surface area contributed by atoms with Crippen LogP contribution in [0.4, 0.5) is 5.69 Å². The van der Waals surface area contributed by atoms with E-state index in [0.29, 0.717) is 6.61 Å². The second-order valence-corrected chi connectivity index (χ2v) is 4.23. The van der Waals surface area contributed by atoms with E-state index >= 15 is 0 Å². The van der Waals surface area contributed by atoms with Gasteiger partial charge in [0, 0.05) is 24.1 Å². The van der Waals surface area contributed by atoms with Gasteiger partial charge >= 0.3 is 0 Å². The average molecular weight is 245 g/mol. The Morgan fingerprint density at radius 2 is 1.94 bits per heavy atom. The Morgan fingerprint density at radius 3 is 2.67 bits per heavy atom. The molecule has 0 saturated heterocycles. The van der Waals surface area contributed by atoms with Crippen LogP contribution in [-0.4, -0.2) is 23.0 Å². The first-order valence-electron chi connectivity index (χ1n) is 6.25. The van der Waals surface area contributed by atoms with Crippen molar-refractivity contribution in [1.82, 2.24) is 9.78 Å². The van der Waals surface area contributed by atoms with Gasteiger partial charge < -0.3 is 10.5 Å². The predicted octanol–water partition coefficient (Wildman–Crippen LogP) is 2.56. The van der Waals surface area contributed by atoms with E-state index in [9.17, 15) is 0 Å². The van der Waals surface area contributed by atoms with Crippen molar-refractivity contribution in [2.45, 2.75) is 19.9 Å². The monoisotopic (exact) mass is 245 g/mol. The molecular formula is C14H19N3O. The summed E-state index contributed by atoms with van der Waals surface area (Å²) in [6, 6.07) is 7.81. The molecule has 4 heteroatoms. The average Bonchev–Trinajstić information content (AvgIpc) is 2.84. The summed E-state index contributed by atoms with van der Waals surface area (Å²) >= 11 is 0. The zero-order valence-electron chi connectivity index (χ0n) is 10.7. The summed E-state index contributed by atoms with van der Waals surface area (Å²) in [5, 5.41) is 4.32. The van der Waals surface area contributed by atoms with E-state index < -0.39 is 0 Å². The number of nitrogens with zero attached hydrogens (tertiary/aromatic N) is 2. The van der Waals surface area contributed by atoms with Crippen molar-refractivity contribution in [2.75, 3.05) is 18.9 Å². The molecule has 96 valence electrons. The van der Waals surface area contributed by atoms with Gasteiger partial charge in [-0.1, -0.05) is 19.1 Å². The number of hydrogen-bond donors (Lipinski definition) is 1. The van der Waals surface area contributed by atoms with E-state index in [-0.39, 0.29) is 0 Å². The largest absolute Gasteiger partial charge is 0.399 e. The third-order valence-corrected chi connectivity index (χ3v) is 2.69. The molecule has 0 amide bonds. The Kier molecular flexibility index (Phi) is 4.36. The fourth-order valence-corrected chi connectivity index (χ4v) is 1.71. The zero-order chi connectivity index (χ0) is 12.8. The number of nitrogens with two attached hydrogens (primary N) is 1. The van der Waals surface area contributed by atoms with E-state index in [0.717, 1.165) is 36.4 Å². The summed E-state index contributed by atoms with van der Waals surface area (Å²) in [4.78, 5) is 0. The summed E-state index contributed by atoms with van der Waals surface area (Å²) < 4.78 is 7.34. The van der Waals surface area contributed by atoms with Gasteiger partial charge in [-0.25, -0.2) is 0 Å². The lowest BCUT2D eigenvalue weighted by Crippen LogP contribution is -2.06. The Bertz CT molecular complexity index is 476. The highest BCUT2D eigenvalue weighted by atomic mass is 16.5. The van der Waals surface area contributed by atoms with Crippen LogP contribution in [0.5, 0.6) is 0 Å². The maximum atomic E-state index is 5.67. The molecule has 0 unspecified atom stereocenters. The van der Waals surface area contributed by atoms with Crippen molar-refractivity contribution in [2.24, 2.45) is 0 Å². The summed E-state index contributed by atoms with van der Waals surface area (Å²) in [5.41, 5.74) is 8.68. The van der Waals surface area contributed by atoms with Crippen molar-refractivity contribution < 1.29 is 4.74 Å². The van der Waals surface area contributed by atoms with Gasteiger partial charge in [-0.2, -0.15) is 5.10 Å². The molecule has 0 bridgehead atoms. The molecule has 0 aliphatic carbocycles. The smallest absolute Gasteiger partial charge is 0.0662 e. The number of hydrogen-bond acceptors (Lipinski definition) is 3. The van der Waals surface area contributed by atoms with Crippen molar-refractivity contribution in [3.05, 3.63) is 36.7 Å². The molecule has 0 saturated carbocycles. The molecule has 0 fully saturated rings. The topological polar surface area (TPSA) is 53.1 Å². The highest BCUT2D eigenvalue weighted by Gasteiger charge is 2.01. The van der Waals surface area contributed by atoms with Crippen LogP contribution < -0.4 is 5.73 Å². The summed E-state index contributed by atoms with van der Waals surface area (Å²) in [5.74, 6) is 0. The van der Waals surface area contributed by atoms with Gasteiger partial charge in [0.1, 0.15) is 0 Å². The number of aromatic nitrogens is 2. The molecule has 2 aromatic rings. The van der Waals surface area contributed by atoms with Crippen molar-refractivity contribution in [3.63, 3.8) is 0 Å². The van der Waals surface area contributed by atoms with Crippen molar-refractivity contribution in [1.29, 1.82) is 0 Å². The SMILES string of the molecule is CCCOCCn1cc(-c2ccc(N)cc2)cn1. The highest BCUT2D eigenvalue weighted by molar-refractivity contribution is 5.63. The number of rotatable bonds is 6. The molecular weight excluding hydrogens is 226 g/mol. The van der Waals surface area contributed by atoms with Gasteiger partial charge in [-0.3, -0.25) is 4.68 Å². The van der Waals surface area contributed by atoms with Gasteiger partial charge in [0.05, 0.1) is 19.3 Å². The minimum atomic E-state index is 0.705. The summed E-state index contributed by atoms with van der Waals surface area (Å²) in [7, 11) is 0. The molecule has 1 heterocycles. The number of anilines is 1. The Balaban J connectivity index is 1.95. The molecule has 0 atom stereocenters.